The van der Waals surface area contributed by atoms with E-state index in [-0.39, 0.29) is 10.8 Å². The summed E-state index contributed by atoms with van der Waals surface area (Å²) in [6.45, 7) is 6.38. The highest BCUT2D eigenvalue weighted by molar-refractivity contribution is 7.92. The van der Waals surface area contributed by atoms with Crippen LogP contribution in [0.1, 0.15) is 41.4 Å². The fourth-order valence-electron chi connectivity index (χ4n) is 3.59. The highest BCUT2D eigenvalue weighted by Gasteiger charge is 2.31. The number of hydrogen-bond acceptors (Lipinski definition) is 8. The lowest BCUT2D eigenvalue weighted by molar-refractivity contribution is -0.123. The van der Waals surface area contributed by atoms with Crippen molar-refractivity contribution in [1.82, 2.24) is 9.71 Å². The number of rotatable bonds is 6. The van der Waals surface area contributed by atoms with Crippen molar-refractivity contribution in [3.63, 3.8) is 0 Å². The molecule has 2 aromatic rings. The Morgan fingerprint density at radius 1 is 1.25 bits per heavy atom. The normalized spacial score (nSPS) is 15.0. The minimum Gasteiger partial charge on any atom is -0.462 e. The fraction of sp³-hybridized carbons (Fsp3) is 0.450. The maximum absolute atomic E-state index is 12.6. The first-order chi connectivity index (χ1) is 15.0. The molecule has 1 aliphatic heterocycles. The van der Waals surface area contributed by atoms with Gasteiger partial charge >= 0.3 is 5.97 Å². The largest absolute Gasteiger partial charge is 0.462 e. The van der Waals surface area contributed by atoms with Crippen molar-refractivity contribution >= 4 is 62.3 Å². The van der Waals surface area contributed by atoms with Crippen LogP contribution in [-0.2, 0) is 19.6 Å². The number of aromatic nitrogens is 1. The average molecular weight is 520 g/mol. The number of aryl methyl sites for hydroxylation is 1. The lowest BCUT2D eigenvalue weighted by Gasteiger charge is -2.33. The van der Waals surface area contributed by atoms with E-state index in [0.717, 1.165) is 11.3 Å². The summed E-state index contributed by atoms with van der Waals surface area (Å²) in [7, 11) is -3.95. The molecule has 3 heterocycles. The van der Waals surface area contributed by atoms with Gasteiger partial charge in [0.1, 0.15) is 10.0 Å². The van der Waals surface area contributed by atoms with Crippen molar-refractivity contribution in [2.45, 2.75) is 37.8 Å². The quantitative estimate of drug-likeness (QED) is 0.575. The van der Waals surface area contributed by atoms with E-state index in [1.54, 1.807) is 20.8 Å². The molecule has 0 saturated carbocycles. The molecule has 1 N–H and O–H groups in total. The van der Waals surface area contributed by atoms with Crippen molar-refractivity contribution < 1.29 is 22.7 Å². The molecule has 0 bridgehead atoms. The molecule has 0 radical (unpaired) electrons. The number of anilines is 1. The number of nitrogens with one attached hydrogen (secondary N) is 1. The molecule has 0 unspecified atom stereocenters. The Balaban J connectivity index is 1.69. The number of pyridine rings is 1. The van der Waals surface area contributed by atoms with E-state index >= 15 is 0 Å². The summed E-state index contributed by atoms with van der Waals surface area (Å²) in [5, 5.41) is 0.360. The van der Waals surface area contributed by atoms with Gasteiger partial charge in [-0.1, -0.05) is 23.2 Å². The van der Waals surface area contributed by atoms with E-state index in [0.29, 0.717) is 57.9 Å². The van der Waals surface area contributed by atoms with Crippen LogP contribution >= 0.6 is 34.5 Å². The third kappa shape index (κ3) is 5.19. The molecule has 1 amide bonds. The Kier molecular flexibility index (Phi) is 7.69. The Bertz CT molecular complexity index is 1140. The van der Waals surface area contributed by atoms with Gasteiger partial charge in [0.2, 0.25) is 5.91 Å². The molecule has 1 aliphatic rings. The van der Waals surface area contributed by atoms with E-state index in [9.17, 15) is 18.0 Å². The zero-order valence-electron chi connectivity index (χ0n) is 17.8. The summed E-state index contributed by atoms with van der Waals surface area (Å²) in [5.74, 6) is -0.934. The van der Waals surface area contributed by atoms with Gasteiger partial charge in [0.25, 0.3) is 10.0 Å². The van der Waals surface area contributed by atoms with Crippen LogP contribution in [0.5, 0.6) is 0 Å². The van der Waals surface area contributed by atoms with Crippen molar-refractivity contribution in [1.29, 1.82) is 0 Å². The summed E-state index contributed by atoms with van der Waals surface area (Å²) in [6.07, 6.45) is 0.866. The van der Waals surface area contributed by atoms with Gasteiger partial charge in [0.05, 0.1) is 27.2 Å². The number of hydrogen-bond donors (Lipinski definition) is 1. The lowest BCUT2D eigenvalue weighted by Crippen LogP contribution is -2.42. The second-order valence-electron chi connectivity index (χ2n) is 7.34. The zero-order chi connectivity index (χ0) is 23.6. The summed E-state index contributed by atoms with van der Waals surface area (Å²) >= 11 is 13.2. The predicted octanol–water partition coefficient (Wildman–Crippen LogP) is 3.96. The van der Waals surface area contributed by atoms with Gasteiger partial charge in [0.15, 0.2) is 0 Å². The molecule has 0 aliphatic carbocycles. The third-order valence-corrected chi connectivity index (χ3v) is 8.75. The van der Waals surface area contributed by atoms with Crippen molar-refractivity contribution in [2.24, 2.45) is 5.92 Å². The Morgan fingerprint density at radius 2 is 1.91 bits per heavy atom. The predicted molar refractivity (Wildman–Crippen MR) is 124 cm³/mol. The maximum atomic E-state index is 12.6. The van der Waals surface area contributed by atoms with Crippen LogP contribution in [0.25, 0.3) is 0 Å². The van der Waals surface area contributed by atoms with Gasteiger partial charge in [0, 0.05) is 19.0 Å². The number of nitrogens with zero attached hydrogens (tertiary/aromatic N) is 2. The van der Waals surface area contributed by atoms with Gasteiger partial charge in [-0.2, -0.15) is 0 Å². The minimum absolute atomic E-state index is 0.00286. The van der Waals surface area contributed by atoms with E-state index < -0.39 is 27.8 Å². The summed E-state index contributed by atoms with van der Waals surface area (Å²) < 4.78 is 32.3. The minimum atomic E-state index is -3.95. The van der Waals surface area contributed by atoms with Crippen molar-refractivity contribution in [3.05, 3.63) is 38.3 Å². The molecule has 0 spiro atoms. The standard InChI is InChI=1S/C20H23Cl2N3O5S2/c1-4-30-20(27)16-11(2)17(22)18(23-12(16)3)25-9-7-13(8-10-25)19(26)24-32(28,29)15-6-5-14(21)31-15/h5-6,13H,4,7-10H2,1-3H3,(H,24,26). The molecule has 32 heavy (non-hydrogen) atoms. The summed E-state index contributed by atoms with van der Waals surface area (Å²) in [6, 6.07) is 2.83. The van der Waals surface area contributed by atoms with Crippen molar-refractivity contribution in [3.8, 4) is 0 Å². The number of esters is 1. The summed E-state index contributed by atoms with van der Waals surface area (Å²) in [5.41, 5.74) is 1.46. The smallest absolute Gasteiger partial charge is 0.340 e. The Labute approximate surface area is 200 Å². The van der Waals surface area contributed by atoms with Crippen LogP contribution in [0.4, 0.5) is 5.82 Å². The van der Waals surface area contributed by atoms with Gasteiger partial charge < -0.3 is 9.64 Å². The van der Waals surface area contributed by atoms with Gasteiger partial charge in [-0.15, -0.1) is 11.3 Å². The molecule has 1 fully saturated rings. The lowest BCUT2D eigenvalue weighted by atomic mass is 9.96. The molecule has 0 atom stereocenters. The number of sulfonamides is 1. The molecule has 3 rings (SSSR count). The number of ether oxygens (including phenoxy) is 1. The number of thiophene rings is 1. The second kappa shape index (κ2) is 9.94. The second-order valence-corrected chi connectivity index (χ2v) is 11.3. The fourth-order valence-corrected chi connectivity index (χ4v) is 6.37. The third-order valence-electron chi connectivity index (χ3n) is 5.23. The molecular weight excluding hydrogens is 497 g/mol. The van der Waals surface area contributed by atoms with Crippen LogP contribution in [0, 0.1) is 19.8 Å². The van der Waals surface area contributed by atoms with Crippen LogP contribution < -0.4 is 9.62 Å². The number of carbonyl (C=O) groups excluding carboxylic acids is 2. The van der Waals surface area contributed by atoms with E-state index in [1.165, 1.54) is 12.1 Å². The molecule has 174 valence electrons. The number of carbonyl (C=O) groups is 2. The molecule has 2 aromatic heterocycles. The summed E-state index contributed by atoms with van der Waals surface area (Å²) in [4.78, 5) is 31.2. The SMILES string of the molecule is CCOC(=O)c1c(C)nc(N2CCC(C(=O)NS(=O)(=O)c3ccc(Cl)s3)CC2)c(Cl)c1C. The zero-order valence-corrected chi connectivity index (χ0v) is 20.9. The van der Waals surface area contributed by atoms with E-state index in [4.69, 9.17) is 27.9 Å². The van der Waals surface area contributed by atoms with Gasteiger partial charge in [-0.25, -0.2) is 22.9 Å². The first kappa shape index (κ1) is 24.8. The van der Waals surface area contributed by atoms with Crippen LogP contribution in [0.15, 0.2) is 16.3 Å². The molecule has 8 nitrogen and oxygen atoms in total. The van der Waals surface area contributed by atoms with Gasteiger partial charge in [-0.05, 0) is 51.3 Å². The highest BCUT2D eigenvalue weighted by atomic mass is 35.5. The van der Waals surface area contributed by atoms with Crippen LogP contribution in [0.2, 0.25) is 9.36 Å². The average Bonchev–Trinajstić information content (AvgIpc) is 3.18. The molecule has 1 saturated heterocycles. The number of piperidine rings is 1. The van der Waals surface area contributed by atoms with E-state index in [2.05, 4.69) is 9.71 Å². The Hall–Kier alpha value is -1.88. The monoisotopic (exact) mass is 519 g/mol. The van der Waals surface area contributed by atoms with Crippen LogP contribution in [-0.4, -0.2) is 45.0 Å². The van der Waals surface area contributed by atoms with Crippen molar-refractivity contribution in [2.75, 3.05) is 24.6 Å². The Morgan fingerprint density at radius 3 is 2.47 bits per heavy atom. The molecule has 0 aromatic carbocycles. The molecular formula is C20H23Cl2N3O5S2. The first-order valence-electron chi connectivity index (χ1n) is 9.96. The molecule has 12 heteroatoms. The maximum Gasteiger partial charge on any atom is 0.340 e. The highest BCUT2D eigenvalue weighted by Crippen LogP contribution is 2.34. The number of amides is 1. The first-order valence-corrected chi connectivity index (χ1v) is 13.0. The van der Waals surface area contributed by atoms with Gasteiger partial charge in [-0.3, -0.25) is 4.79 Å². The van der Waals surface area contributed by atoms with E-state index in [1.807, 2.05) is 4.90 Å². The van der Waals surface area contributed by atoms with Crippen LogP contribution in [0.3, 0.4) is 0 Å². The topological polar surface area (TPSA) is 106 Å². The number of halogens is 2.